The highest BCUT2D eigenvalue weighted by atomic mass is 15.4. The molecule has 0 radical (unpaired) electrons. The van der Waals surface area contributed by atoms with Gasteiger partial charge < -0.3 is 16.4 Å². The molecular formula is C17H26N8. The van der Waals surface area contributed by atoms with Gasteiger partial charge in [-0.3, -0.25) is 5.01 Å². The summed E-state index contributed by atoms with van der Waals surface area (Å²) in [7, 11) is 3.97. The summed E-state index contributed by atoms with van der Waals surface area (Å²) in [5, 5.41) is 17.6. The molecule has 2 aliphatic rings. The third-order valence-corrected chi connectivity index (χ3v) is 5.24. The molecule has 0 amide bonds. The summed E-state index contributed by atoms with van der Waals surface area (Å²) in [5.41, 5.74) is 9.28. The van der Waals surface area contributed by atoms with Gasteiger partial charge in [0.05, 0.1) is 11.9 Å². The Labute approximate surface area is 147 Å². The van der Waals surface area contributed by atoms with E-state index in [1.807, 2.05) is 37.6 Å². The van der Waals surface area contributed by atoms with Gasteiger partial charge in [0.2, 0.25) is 0 Å². The molecule has 2 aromatic rings. The number of rotatable bonds is 4. The Balaban J connectivity index is 1.61. The molecule has 4 N–H and O–H groups in total. The molecule has 2 aliphatic heterocycles. The van der Waals surface area contributed by atoms with Gasteiger partial charge in [-0.2, -0.15) is 14.7 Å². The van der Waals surface area contributed by atoms with Crippen molar-refractivity contribution >= 4 is 17.7 Å². The van der Waals surface area contributed by atoms with Crippen LogP contribution in [0.4, 0.5) is 5.82 Å². The van der Waals surface area contributed by atoms with Crippen molar-refractivity contribution in [3.63, 3.8) is 0 Å². The van der Waals surface area contributed by atoms with E-state index in [1.54, 1.807) is 4.52 Å². The second-order valence-electron chi connectivity index (χ2n) is 7.09. The van der Waals surface area contributed by atoms with Crippen molar-refractivity contribution < 1.29 is 0 Å². The molecule has 0 aromatic carbocycles. The van der Waals surface area contributed by atoms with E-state index in [0.29, 0.717) is 17.8 Å². The number of anilines is 1. The number of piperidine rings is 1. The summed E-state index contributed by atoms with van der Waals surface area (Å²) < 4.78 is 1.74. The van der Waals surface area contributed by atoms with E-state index < -0.39 is 0 Å². The minimum absolute atomic E-state index is 0.217. The number of fused-ring (bicyclic) bond motifs is 1. The maximum absolute atomic E-state index is 6.26. The average Bonchev–Trinajstić information content (AvgIpc) is 3.22. The first-order valence-electron chi connectivity index (χ1n) is 8.93. The van der Waals surface area contributed by atoms with Crippen LogP contribution < -0.4 is 16.4 Å². The smallest absolute Gasteiger partial charge is 0.161 e. The Kier molecular flexibility index (Phi) is 4.30. The van der Waals surface area contributed by atoms with Gasteiger partial charge in [-0.1, -0.05) is 0 Å². The molecule has 134 valence electrons. The van der Waals surface area contributed by atoms with Crippen molar-refractivity contribution in [1.29, 1.82) is 0 Å². The van der Waals surface area contributed by atoms with E-state index in [4.69, 9.17) is 10.7 Å². The molecular weight excluding hydrogens is 316 g/mol. The van der Waals surface area contributed by atoms with Crippen LogP contribution in [-0.2, 0) is 0 Å². The highest BCUT2D eigenvalue weighted by Crippen LogP contribution is 2.29. The normalized spacial score (nSPS) is 26.6. The Hall–Kier alpha value is -2.19. The Morgan fingerprint density at radius 3 is 2.96 bits per heavy atom. The first kappa shape index (κ1) is 16.3. The van der Waals surface area contributed by atoms with Crippen molar-refractivity contribution in [2.24, 2.45) is 5.10 Å². The molecule has 1 saturated heterocycles. The lowest BCUT2D eigenvalue weighted by atomic mass is 9.91. The average molecular weight is 342 g/mol. The molecule has 0 aliphatic carbocycles. The molecule has 0 bridgehead atoms. The summed E-state index contributed by atoms with van der Waals surface area (Å²) in [6, 6.07) is 2.52. The standard InChI is InChI=1S/C17H26N8/c1-19-8-13-4-3-11(6-20-13)15-5-16(18)25-17(23-15)14(9-22-25)12-7-21-24(2)10-12/h5,7,9,11-13,19-20H,3-4,6,8,10,18H2,1-2H3/t11-,12?,13-/m0/s1. The second kappa shape index (κ2) is 6.61. The maximum Gasteiger partial charge on any atom is 0.161 e. The highest BCUT2D eigenvalue weighted by Gasteiger charge is 2.26. The minimum Gasteiger partial charge on any atom is -0.384 e. The molecule has 8 heteroatoms. The van der Waals surface area contributed by atoms with Crippen LogP contribution in [0.3, 0.4) is 0 Å². The van der Waals surface area contributed by atoms with Crippen molar-refractivity contribution in [2.75, 3.05) is 39.5 Å². The minimum atomic E-state index is 0.217. The van der Waals surface area contributed by atoms with Gasteiger partial charge in [-0.25, -0.2) is 4.98 Å². The Bertz CT molecular complexity index is 774. The van der Waals surface area contributed by atoms with Gasteiger partial charge >= 0.3 is 0 Å². The van der Waals surface area contributed by atoms with Gasteiger partial charge in [0.25, 0.3) is 0 Å². The van der Waals surface area contributed by atoms with Crippen molar-refractivity contribution in [3.05, 3.63) is 23.5 Å². The molecule has 0 saturated carbocycles. The van der Waals surface area contributed by atoms with E-state index in [2.05, 4.69) is 20.8 Å². The number of hydrogen-bond acceptors (Lipinski definition) is 7. The van der Waals surface area contributed by atoms with Gasteiger partial charge in [0.1, 0.15) is 5.82 Å². The second-order valence-corrected chi connectivity index (χ2v) is 7.09. The first-order valence-corrected chi connectivity index (χ1v) is 8.93. The Morgan fingerprint density at radius 2 is 2.28 bits per heavy atom. The molecule has 25 heavy (non-hydrogen) atoms. The quantitative estimate of drug-likeness (QED) is 0.743. The first-order chi connectivity index (χ1) is 12.2. The lowest BCUT2D eigenvalue weighted by Crippen LogP contribution is -2.43. The largest absolute Gasteiger partial charge is 0.384 e. The number of hydrazone groups is 1. The Morgan fingerprint density at radius 1 is 1.40 bits per heavy atom. The van der Waals surface area contributed by atoms with E-state index in [9.17, 15) is 0 Å². The predicted octanol–water partition coefficient (Wildman–Crippen LogP) is 0.381. The van der Waals surface area contributed by atoms with Crippen LogP contribution in [0.5, 0.6) is 0 Å². The molecule has 0 spiro atoms. The topological polar surface area (TPSA) is 95.9 Å². The predicted molar refractivity (Wildman–Crippen MR) is 99.0 cm³/mol. The summed E-state index contributed by atoms with van der Waals surface area (Å²) in [6.45, 7) is 2.79. The molecule has 4 heterocycles. The van der Waals surface area contributed by atoms with E-state index in [0.717, 1.165) is 49.4 Å². The third kappa shape index (κ3) is 3.07. The fourth-order valence-electron chi connectivity index (χ4n) is 3.83. The van der Waals surface area contributed by atoms with Crippen molar-refractivity contribution in [2.45, 2.75) is 30.7 Å². The zero-order valence-electron chi connectivity index (χ0n) is 14.8. The van der Waals surface area contributed by atoms with Gasteiger partial charge in [-0.05, 0) is 19.9 Å². The number of nitrogens with one attached hydrogen (secondary N) is 2. The summed E-state index contributed by atoms with van der Waals surface area (Å²) in [5.74, 6) is 1.25. The number of nitrogen functional groups attached to an aromatic ring is 1. The lowest BCUT2D eigenvalue weighted by molar-refractivity contribution is 0.356. The molecule has 4 rings (SSSR count). The highest BCUT2D eigenvalue weighted by molar-refractivity contribution is 5.74. The number of hydrogen-bond donors (Lipinski definition) is 3. The van der Waals surface area contributed by atoms with Gasteiger partial charge in [0, 0.05) is 62.4 Å². The van der Waals surface area contributed by atoms with Crippen LogP contribution in [0.1, 0.15) is 35.9 Å². The van der Waals surface area contributed by atoms with Gasteiger partial charge in [0.15, 0.2) is 5.65 Å². The monoisotopic (exact) mass is 342 g/mol. The van der Waals surface area contributed by atoms with Crippen LogP contribution in [0.15, 0.2) is 17.4 Å². The van der Waals surface area contributed by atoms with Crippen LogP contribution in [-0.4, -0.2) is 65.6 Å². The number of aromatic nitrogens is 3. The zero-order chi connectivity index (χ0) is 17.4. The van der Waals surface area contributed by atoms with Crippen molar-refractivity contribution in [1.82, 2.24) is 30.2 Å². The van der Waals surface area contributed by atoms with Gasteiger partial charge in [-0.15, -0.1) is 0 Å². The van der Waals surface area contributed by atoms with E-state index in [-0.39, 0.29) is 5.92 Å². The van der Waals surface area contributed by atoms with Crippen LogP contribution >= 0.6 is 0 Å². The SMILES string of the molecule is CNC[C@@H]1CC[C@H](c2cc(N)n3ncc(C4C=NN(C)C4)c3n2)CN1. The van der Waals surface area contributed by atoms with E-state index in [1.165, 1.54) is 0 Å². The summed E-state index contributed by atoms with van der Waals surface area (Å²) >= 11 is 0. The van der Waals surface area contributed by atoms with Crippen molar-refractivity contribution in [3.8, 4) is 0 Å². The van der Waals surface area contributed by atoms with Crippen LogP contribution in [0, 0.1) is 0 Å². The summed E-state index contributed by atoms with van der Waals surface area (Å²) in [6.07, 6.45) is 6.11. The van der Waals surface area contributed by atoms with Crippen LogP contribution in [0.25, 0.3) is 5.65 Å². The number of likely N-dealkylation sites (N-methyl/N-ethyl adjacent to an activating group) is 2. The van der Waals surface area contributed by atoms with Crippen LogP contribution in [0.2, 0.25) is 0 Å². The molecule has 1 unspecified atom stereocenters. The lowest BCUT2D eigenvalue weighted by Gasteiger charge is -2.29. The third-order valence-electron chi connectivity index (χ3n) is 5.24. The molecule has 3 atom stereocenters. The number of nitrogens with zero attached hydrogens (tertiary/aromatic N) is 5. The number of nitrogens with two attached hydrogens (primary N) is 1. The molecule has 1 fully saturated rings. The fourth-order valence-corrected chi connectivity index (χ4v) is 3.83. The fraction of sp³-hybridized carbons (Fsp3) is 0.588. The zero-order valence-corrected chi connectivity index (χ0v) is 14.8. The summed E-state index contributed by atoms with van der Waals surface area (Å²) in [4.78, 5) is 4.94. The maximum atomic E-state index is 6.26. The molecule has 8 nitrogen and oxygen atoms in total. The molecule has 2 aromatic heterocycles. The van der Waals surface area contributed by atoms with E-state index >= 15 is 0 Å².